The van der Waals surface area contributed by atoms with E-state index >= 15 is 0 Å². The van der Waals surface area contributed by atoms with Crippen molar-refractivity contribution in [3.63, 3.8) is 0 Å². The number of imide groups is 1. The van der Waals surface area contributed by atoms with Gasteiger partial charge in [0.2, 0.25) is 17.7 Å². The minimum atomic E-state index is -0.698. The smallest absolute Gasteiger partial charge is 0.255 e. The van der Waals surface area contributed by atoms with Gasteiger partial charge in [-0.25, -0.2) is 14.4 Å². The maximum Gasteiger partial charge on any atom is 0.255 e. The second kappa shape index (κ2) is 22.1. The maximum absolute atomic E-state index is 14.7. The number of carbonyl (C=O) groups excluding carboxylic acids is 4. The van der Waals surface area contributed by atoms with Gasteiger partial charge in [-0.3, -0.25) is 29.2 Å². The Balaban J connectivity index is 0.730. The first kappa shape index (κ1) is 46.7. The van der Waals surface area contributed by atoms with Crippen LogP contribution in [0.1, 0.15) is 117 Å². The summed E-state index contributed by atoms with van der Waals surface area (Å²) in [6, 6.07) is 15.4. The van der Waals surface area contributed by atoms with Gasteiger partial charge < -0.3 is 25.6 Å². The third-order valence-corrected chi connectivity index (χ3v) is 13.8. The van der Waals surface area contributed by atoms with Crippen molar-refractivity contribution in [2.24, 2.45) is 0 Å². The maximum atomic E-state index is 14.7. The van der Waals surface area contributed by atoms with Gasteiger partial charge in [-0.1, -0.05) is 67.1 Å². The summed E-state index contributed by atoms with van der Waals surface area (Å²) in [6.45, 7) is 2.59. The molecule has 4 amide bonds. The van der Waals surface area contributed by atoms with E-state index in [1.54, 1.807) is 36.5 Å². The summed E-state index contributed by atoms with van der Waals surface area (Å²) < 4.78 is 22.8. The summed E-state index contributed by atoms with van der Waals surface area (Å²) in [5, 5.41) is 24.2. The largest absolute Gasteiger partial charge is 0.487 e. The van der Waals surface area contributed by atoms with Crippen molar-refractivity contribution >= 4 is 63.2 Å². The Bertz CT molecular complexity index is 2480. The number of hydrogen-bond acceptors (Lipinski definition) is 12. The Kier molecular flexibility index (Phi) is 15.7. The first-order chi connectivity index (χ1) is 32.1. The summed E-state index contributed by atoms with van der Waals surface area (Å²) >= 11 is 7.55. The van der Waals surface area contributed by atoms with Crippen LogP contribution >= 0.6 is 22.9 Å². The van der Waals surface area contributed by atoms with Crippen LogP contribution in [0.4, 0.5) is 21.0 Å². The molecule has 15 nitrogen and oxygen atoms in total. The third-order valence-electron chi connectivity index (χ3n) is 12.8. The van der Waals surface area contributed by atoms with Gasteiger partial charge >= 0.3 is 0 Å². The van der Waals surface area contributed by atoms with Gasteiger partial charge in [0.25, 0.3) is 5.91 Å². The summed E-state index contributed by atoms with van der Waals surface area (Å²) in [5.41, 5.74) is 3.31. The van der Waals surface area contributed by atoms with E-state index in [0.29, 0.717) is 55.5 Å². The molecule has 5 heterocycles. The highest BCUT2D eigenvalue weighted by Crippen LogP contribution is 2.43. The molecular formula is C48H56ClFN10O5S. The van der Waals surface area contributed by atoms with Crippen LogP contribution in [0.2, 0.25) is 5.02 Å². The topological polar surface area (TPSA) is 185 Å². The molecule has 1 saturated carbocycles. The van der Waals surface area contributed by atoms with Crippen molar-refractivity contribution in [1.82, 2.24) is 40.5 Å². The molecule has 3 aromatic heterocycles. The molecule has 2 aromatic carbocycles. The van der Waals surface area contributed by atoms with E-state index in [1.165, 1.54) is 22.3 Å². The molecule has 2 fully saturated rings. The fraction of sp³-hybridized carbons (Fsp3) is 0.458. The van der Waals surface area contributed by atoms with Crippen molar-refractivity contribution in [1.29, 1.82) is 0 Å². The highest BCUT2D eigenvalue weighted by atomic mass is 35.5. The van der Waals surface area contributed by atoms with Gasteiger partial charge in [0.15, 0.2) is 16.7 Å². The first-order valence-corrected chi connectivity index (χ1v) is 24.3. The predicted octanol–water partition coefficient (Wildman–Crippen LogP) is 8.28. The van der Waals surface area contributed by atoms with Crippen LogP contribution in [-0.2, 0) is 39.3 Å². The monoisotopic (exact) mass is 938 g/mol. The molecule has 66 heavy (non-hydrogen) atoms. The standard InChI is InChI=1S/C48H56ClFN10O5S/c49-36-13-10-15-39(44(36)50)65-33-20-22-48(23-21-33,29-32-11-8-16-41(53-32)55-47-52-26-28-66-47)40-31-59(58-57-40)27-25-51-24-7-5-3-1-2-4-6-17-42(61)54-37-14-9-12-34-35(37)30-60(46(34)64)38-18-19-43(62)56-45(38)63/h8-16,26,28,31,33,38,51H,1-7,17-25,27,29-30H2,(H,54,61)(H,52,53,55)(H,56,62,63). The highest BCUT2D eigenvalue weighted by Gasteiger charge is 2.42. The molecule has 1 aliphatic carbocycles. The summed E-state index contributed by atoms with van der Waals surface area (Å²) in [5.74, 6) is -0.762. The minimum Gasteiger partial charge on any atom is -0.487 e. The molecule has 1 unspecified atom stereocenters. The lowest BCUT2D eigenvalue weighted by Gasteiger charge is -2.38. The van der Waals surface area contributed by atoms with E-state index in [-0.39, 0.29) is 53.0 Å². The molecule has 18 heteroatoms. The van der Waals surface area contributed by atoms with Crippen LogP contribution in [0.3, 0.4) is 0 Å². The molecule has 5 aromatic rings. The average Bonchev–Trinajstić information content (AvgIpc) is 4.09. The van der Waals surface area contributed by atoms with E-state index < -0.39 is 17.8 Å². The Morgan fingerprint density at radius 2 is 1.74 bits per heavy atom. The zero-order valence-electron chi connectivity index (χ0n) is 36.9. The summed E-state index contributed by atoms with van der Waals surface area (Å²) in [6.07, 6.45) is 15.4. The van der Waals surface area contributed by atoms with Crippen LogP contribution in [-0.4, -0.2) is 78.7 Å². The van der Waals surface area contributed by atoms with Gasteiger partial charge in [-0.05, 0) is 87.9 Å². The molecule has 2 aliphatic heterocycles. The van der Waals surface area contributed by atoms with Crippen molar-refractivity contribution in [3.05, 3.63) is 106 Å². The summed E-state index contributed by atoms with van der Waals surface area (Å²) in [4.78, 5) is 60.8. The van der Waals surface area contributed by atoms with Crippen molar-refractivity contribution in [3.8, 4) is 5.75 Å². The van der Waals surface area contributed by atoms with Crippen molar-refractivity contribution in [2.45, 2.75) is 127 Å². The van der Waals surface area contributed by atoms with E-state index in [1.807, 2.05) is 28.3 Å². The predicted molar refractivity (Wildman–Crippen MR) is 250 cm³/mol. The number of halogens is 2. The molecule has 0 spiro atoms. The summed E-state index contributed by atoms with van der Waals surface area (Å²) in [7, 11) is 0. The lowest BCUT2D eigenvalue weighted by atomic mass is 9.68. The fourth-order valence-electron chi connectivity index (χ4n) is 9.23. The van der Waals surface area contributed by atoms with Crippen LogP contribution in [0.25, 0.3) is 0 Å². The molecule has 0 bridgehead atoms. The molecule has 348 valence electrons. The van der Waals surface area contributed by atoms with Crippen LogP contribution in [0.5, 0.6) is 5.75 Å². The number of aromatic nitrogens is 5. The van der Waals surface area contributed by atoms with Crippen LogP contribution in [0, 0.1) is 5.82 Å². The lowest BCUT2D eigenvalue weighted by Crippen LogP contribution is -2.52. The number of benzene rings is 2. The minimum absolute atomic E-state index is 0.0464. The van der Waals surface area contributed by atoms with E-state index in [4.69, 9.17) is 26.4 Å². The number of rotatable bonds is 22. The number of anilines is 3. The Morgan fingerprint density at radius 3 is 2.55 bits per heavy atom. The number of carbonyl (C=O) groups is 4. The average molecular weight is 940 g/mol. The number of thiazole rings is 1. The lowest BCUT2D eigenvalue weighted by molar-refractivity contribution is -0.137. The Morgan fingerprint density at radius 1 is 0.955 bits per heavy atom. The molecular weight excluding hydrogens is 883 g/mol. The molecule has 4 N–H and O–H groups in total. The van der Waals surface area contributed by atoms with E-state index in [9.17, 15) is 23.6 Å². The van der Waals surface area contributed by atoms with Gasteiger partial charge in [-0.15, -0.1) is 16.4 Å². The van der Waals surface area contributed by atoms with Crippen molar-refractivity contribution < 1.29 is 28.3 Å². The number of nitrogens with one attached hydrogen (secondary N) is 4. The molecule has 1 atom stereocenters. The first-order valence-electron chi connectivity index (χ1n) is 23.0. The van der Waals surface area contributed by atoms with Crippen LogP contribution in [0.15, 0.2) is 72.4 Å². The number of fused-ring (bicyclic) bond motifs is 1. The Hall–Kier alpha value is -5.78. The van der Waals surface area contributed by atoms with Crippen molar-refractivity contribution in [2.75, 3.05) is 23.7 Å². The third kappa shape index (κ3) is 11.8. The molecule has 3 aliphatic rings. The second-order valence-electron chi connectivity index (χ2n) is 17.4. The van der Waals surface area contributed by atoms with Gasteiger partial charge in [0, 0.05) is 78.0 Å². The van der Waals surface area contributed by atoms with Gasteiger partial charge in [-0.2, -0.15) is 0 Å². The van der Waals surface area contributed by atoms with E-state index in [2.05, 4.69) is 37.7 Å². The zero-order valence-corrected chi connectivity index (χ0v) is 38.5. The van der Waals surface area contributed by atoms with Crippen LogP contribution < -0.4 is 26.0 Å². The number of pyridine rings is 1. The molecule has 8 rings (SSSR count). The fourth-order valence-corrected chi connectivity index (χ4v) is 9.93. The van der Waals surface area contributed by atoms with E-state index in [0.717, 1.165) is 93.2 Å². The normalized spacial score (nSPS) is 19.4. The number of amides is 4. The SMILES string of the molecule is O=C1CCC(N2Cc3c(NC(=O)CCCCCCCCCNCCn4cc(C5(Cc6cccc(Nc7nccs7)n6)CCC(Oc6cccc(Cl)c6F)CC5)nn4)cccc3C2=O)C(=O)N1. The Labute approximate surface area is 392 Å². The highest BCUT2D eigenvalue weighted by molar-refractivity contribution is 7.13. The number of hydrogen-bond donors (Lipinski definition) is 4. The number of piperidine rings is 1. The second-order valence-corrected chi connectivity index (χ2v) is 18.7. The van der Waals surface area contributed by atoms with Gasteiger partial charge in [0.1, 0.15) is 11.9 Å². The number of ether oxygens (including phenoxy) is 1. The number of nitrogens with zero attached hydrogens (tertiary/aromatic N) is 6. The number of unbranched alkanes of at least 4 members (excludes halogenated alkanes) is 6. The van der Waals surface area contributed by atoms with Gasteiger partial charge in [0.05, 0.1) is 23.4 Å². The molecule has 0 radical (unpaired) electrons. The quantitative estimate of drug-likeness (QED) is 0.0387. The zero-order chi connectivity index (χ0) is 45.9. The molecule has 1 saturated heterocycles.